The Hall–Kier alpha value is -2.08. The topological polar surface area (TPSA) is 95.9 Å². The number of ether oxygens (including phenoxy) is 1. The van der Waals surface area contributed by atoms with Crippen LogP contribution in [-0.2, 0) is 9.59 Å². The van der Waals surface area contributed by atoms with Gasteiger partial charge in [-0.25, -0.2) is 4.79 Å². The monoisotopic (exact) mass is 281 g/mol. The molecule has 6 heteroatoms. The number of carbonyl (C=O) groups is 2. The standard InChI is InChI=1S/C14H19NO5/c1-9-3-4-12(10(2)7-9)20-8-13(17)15-11(5-6-16)14(18)19/h3-4,7,11,16H,5-6,8H2,1-2H3,(H,15,17)(H,18,19)/t11-/m0/s1. The van der Waals surface area contributed by atoms with E-state index < -0.39 is 17.9 Å². The Labute approximate surface area is 117 Å². The Bertz CT molecular complexity index is 486. The van der Waals surface area contributed by atoms with Crippen molar-refractivity contribution in [1.82, 2.24) is 5.32 Å². The summed E-state index contributed by atoms with van der Waals surface area (Å²) in [5.41, 5.74) is 2.00. The number of amides is 1. The lowest BCUT2D eigenvalue weighted by Crippen LogP contribution is -2.43. The van der Waals surface area contributed by atoms with Crippen LogP contribution in [0, 0.1) is 13.8 Å². The molecule has 0 heterocycles. The third kappa shape index (κ3) is 4.89. The van der Waals surface area contributed by atoms with Gasteiger partial charge in [-0.2, -0.15) is 0 Å². The summed E-state index contributed by atoms with van der Waals surface area (Å²) in [6, 6.07) is 4.46. The van der Waals surface area contributed by atoms with Gasteiger partial charge in [-0.15, -0.1) is 0 Å². The Morgan fingerprint density at radius 2 is 2.05 bits per heavy atom. The SMILES string of the molecule is Cc1ccc(OCC(=O)N[C@@H](CCO)C(=O)O)c(C)c1. The first-order valence-corrected chi connectivity index (χ1v) is 6.27. The zero-order valence-corrected chi connectivity index (χ0v) is 11.5. The highest BCUT2D eigenvalue weighted by molar-refractivity contribution is 5.84. The summed E-state index contributed by atoms with van der Waals surface area (Å²) in [6.07, 6.45) is -0.0371. The number of aliphatic hydroxyl groups excluding tert-OH is 1. The number of rotatable bonds is 7. The van der Waals surface area contributed by atoms with E-state index in [9.17, 15) is 9.59 Å². The number of carbonyl (C=O) groups excluding carboxylic acids is 1. The largest absolute Gasteiger partial charge is 0.484 e. The minimum Gasteiger partial charge on any atom is -0.484 e. The molecule has 0 saturated heterocycles. The first-order chi connectivity index (χ1) is 9.43. The second-order valence-electron chi connectivity index (χ2n) is 4.53. The van der Waals surface area contributed by atoms with E-state index in [-0.39, 0.29) is 19.6 Å². The fourth-order valence-electron chi connectivity index (χ4n) is 1.73. The van der Waals surface area contributed by atoms with Gasteiger partial charge in [0.1, 0.15) is 11.8 Å². The van der Waals surface area contributed by atoms with Gasteiger partial charge >= 0.3 is 5.97 Å². The lowest BCUT2D eigenvalue weighted by Gasteiger charge is -2.14. The van der Waals surface area contributed by atoms with Crippen molar-refractivity contribution in [2.75, 3.05) is 13.2 Å². The van der Waals surface area contributed by atoms with Gasteiger partial charge in [0.15, 0.2) is 6.61 Å². The van der Waals surface area contributed by atoms with Gasteiger partial charge in [0.25, 0.3) is 5.91 Å². The quantitative estimate of drug-likeness (QED) is 0.681. The molecule has 1 aromatic carbocycles. The second kappa shape index (κ2) is 7.49. The zero-order valence-electron chi connectivity index (χ0n) is 11.5. The van der Waals surface area contributed by atoms with Crippen molar-refractivity contribution >= 4 is 11.9 Å². The van der Waals surface area contributed by atoms with E-state index in [4.69, 9.17) is 14.9 Å². The molecule has 0 saturated carbocycles. The van der Waals surface area contributed by atoms with E-state index in [1.165, 1.54) is 0 Å². The molecule has 110 valence electrons. The second-order valence-corrected chi connectivity index (χ2v) is 4.53. The molecule has 1 rings (SSSR count). The van der Waals surface area contributed by atoms with Crippen molar-refractivity contribution in [2.45, 2.75) is 26.3 Å². The lowest BCUT2D eigenvalue weighted by atomic mass is 10.1. The summed E-state index contributed by atoms with van der Waals surface area (Å²) in [5.74, 6) is -1.13. The number of hydrogen-bond donors (Lipinski definition) is 3. The van der Waals surface area contributed by atoms with Crippen LogP contribution in [0.5, 0.6) is 5.75 Å². The van der Waals surface area contributed by atoms with Gasteiger partial charge in [0, 0.05) is 13.0 Å². The van der Waals surface area contributed by atoms with Crippen molar-refractivity contribution in [3.63, 3.8) is 0 Å². The number of carboxylic acid groups (broad SMARTS) is 1. The maximum atomic E-state index is 11.6. The molecule has 1 atom stereocenters. The van der Waals surface area contributed by atoms with Gasteiger partial charge in [-0.3, -0.25) is 4.79 Å². The van der Waals surface area contributed by atoms with Gasteiger partial charge < -0.3 is 20.3 Å². The maximum Gasteiger partial charge on any atom is 0.326 e. The summed E-state index contributed by atoms with van der Waals surface area (Å²) in [4.78, 5) is 22.4. The number of nitrogens with one attached hydrogen (secondary N) is 1. The van der Waals surface area contributed by atoms with Crippen LogP contribution in [0.25, 0.3) is 0 Å². The molecule has 0 fully saturated rings. The summed E-state index contributed by atoms with van der Waals surface area (Å²) in [5, 5.41) is 19.9. The molecule has 0 radical (unpaired) electrons. The minimum absolute atomic E-state index is 0.0371. The van der Waals surface area contributed by atoms with Crippen molar-refractivity contribution in [2.24, 2.45) is 0 Å². The number of aliphatic carboxylic acids is 1. The van der Waals surface area contributed by atoms with Gasteiger partial charge in [-0.1, -0.05) is 17.7 Å². The third-order valence-corrected chi connectivity index (χ3v) is 2.74. The number of carboxylic acids is 1. The molecule has 6 nitrogen and oxygen atoms in total. The molecule has 0 aliphatic carbocycles. The Morgan fingerprint density at radius 1 is 1.35 bits per heavy atom. The molecule has 0 unspecified atom stereocenters. The summed E-state index contributed by atoms with van der Waals surface area (Å²) in [7, 11) is 0. The molecule has 0 aromatic heterocycles. The van der Waals surface area contributed by atoms with E-state index >= 15 is 0 Å². The smallest absolute Gasteiger partial charge is 0.326 e. The molecular formula is C14H19NO5. The van der Waals surface area contributed by atoms with Crippen LogP contribution in [0.2, 0.25) is 0 Å². The van der Waals surface area contributed by atoms with Crippen LogP contribution in [-0.4, -0.2) is 41.3 Å². The van der Waals surface area contributed by atoms with E-state index in [2.05, 4.69) is 5.32 Å². The first kappa shape index (κ1) is 16.0. The van der Waals surface area contributed by atoms with Crippen LogP contribution in [0.15, 0.2) is 18.2 Å². The average molecular weight is 281 g/mol. The van der Waals surface area contributed by atoms with Crippen LogP contribution in [0.4, 0.5) is 0 Å². The summed E-state index contributed by atoms with van der Waals surface area (Å²) >= 11 is 0. The van der Waals surface area contributed by atoms with E-state index in [1.54, 1.807) is 6.07 Å². The van der Waals surface area contributed by atoms with Gasteiger partial charge in [0.05, 0.1) is 0 Å². The normalized spacial score (nSPS) is 11.8. The Morgan fingerprint density at radius 3 is 2.60 bits per heavy atom. The van der Waals surface area contributed by atoms with Gasteiger partial charge in [0.2, 0.25) is 0 Å². The zero-order chi connectivity index (χ0) is 15.1. The van der Waals surface area contributed by atoms with Crippen molar-refractivity contribution in [3.05, 3.63) is 29.3 Å². The van der Waals surface area contributed by atoms with Crippen molar-refractivity contribution in [3.8, 4) is 5.75 Å². The summed E-state index contributed by atoms with van der Waals surface area (Å²) in [6.45, 7) is 3.25. The Balaban J connectivity index is 2.52. The van der Waals surface area contributed by atoms with E-state index in [0.717, 1.165) is 11.1 Å². The average Bonchev–Trinajstić information content (AvgIpc) is 2.37. The van der Waals surface area contributed by atoms with Gasteiger partial charge in [-0.05, 0) is 25.5 Å². The fourth-order valence-corrected chi connectivity index (χ4v) is 1.73. The van der Waals surface area contributed by atoms with Crippen molar-refractivity contribution in [1.29, 1.82) is 0 Å². The lowest BCUT2D eigenvalue weighted by molar-refractivity contribution is -0.142. The number of aliphatic hydroxyl groups is 1. The Kier molecular flexibility index (Phi) is 5.99. The molecule has 0 aliphatic rings. The fraction of sp³-hybridized carbons (Fsp3) is 0.429. The molecular weight excluding hydrogens is 262 g/mol. The first-order valence-electron chi connectivity index (χ1n) is 6.27. The number of aryl methyl sites for hydroxylation is 2. The maximum absolute atomic E-state index is 11.6. The van der Waals surface area contributed by atoms with Crippen LogP contribution in [0.3, 0.4) is 0 Å². The molecule has 1 amide bonds. The minimum atomic E-state index is -1.18. The summed E-state index contributed by atoms with van der Waals surface area (Å²) < 4.78 is 5.34. The van der Waals surface area contributed by atoms with Crippen LogP contribution in [0.1, 0.15) is 17.5 Å². The molecule has 20 heavy (non-hydrogen) atoms. The molecule has 1 aromatic rings. The third-order valence-electron chi connectivity index (χ3n) is 2.74. The van der Waals surface area contributed by atoms with E-state index in [1.807, 2.05) is 26.0 Å². The van der Waals surface area contributed by atoms with Crippen molar-refractivity contribution < 1.29 is 24.5 Å². The van der Waals surface area contributed by atoms with Crippen LogP contribution >= 0.6 is 0 Å². The highest BCUT2D eigenvalue weighted by atomic mass is 16.5. The highest BCUT2D eigenvalue weighted by Crippen LogP contribution is 2.18. The predicted molar refractivity (Wildman–Crippen MR) is 72.7 cm³/mol. The highest BCUT2D eigenvalue weighted by Gasteiger charge is 2.19. The molecule has 0 aliphatic heterocycles. The van der Waals surface area contributed by atoms with E-state index in [0.29, 0.717) is 5.75 Å². The molecule has 3 N–H and O–H groups in total. The molecule has 0 spiro atoms. The van der Waals surface area contributed by atoms with Crippen LogP contribution < -0.4 is 10.1 Å². The number of hydrogen-bond acceptors (Lipinski definition) is 4. The predicted octanol–water partition coefficient (Wildman–Crippen LogP) is 0.634. The molecule has 0 bridgehead atoms. The number of benzene rings is 1.